The van der Waals surface area contributed by atoms with Gasteiger partial charge in [-0.05, 0) is 38.8 Å². The Morgan fingerprint density at radius 3 is 2.66 bits per heavy atom. The molecule has 0 aromatic carbocycles. The van der Waals surface area contributed by atoms with Crippen molar-refractivity contribution in [2.24, 2.45) is 0 Å². The Kier molecular flexibility index (Phi) is 7.49. The molecule has 168 valence electrons. The van der Waals surface area contributed by atoms with E-state index < -0.39 is 0 Å². The number of ether oxygens (including phenoxy) is 1. The number of pyridine rings is 1. The van der Waals surface area contributed by atoms with Gasteiger partial charge in [-0.15, -0.1) is 0 Å². The fourth-order valence-corrected chi connectivity index (χ4v) is 3.51. The van der Waals surface area contributed by atoms with Crippen LogP contribution in [0, 0.1) is 11.3 Å². The predicted octanol–water partition coefficient (Wildman–Crippen LogP) is 4.44. The van der Waals surface area contributed by atoms with Gasteiger partial charge < -0.3 is 15.0 Å². The number of anilines is 2. The molecule has 1 aliphatic heterocycles. The van der Waals surface area contributed by atoms with E-state index in [1.54, 1.807) is 18.2 Å². The lowest BCUT2D eigenvalue weighted by Crippen LogP contribution is -2.28. The van der Waals surface area contributed by atoms with Gasteiger partial charge in [0.2, 0.25) is 5.88 Å². The van der Waals surface area contributed by atoms with Crippen LogP contribution >= 0.6 is 11.6 Å². The van der Waals surface area contributed by atoms with Gasteiger partial charge in [0.15, 0.2) is 16.5 Å². The van der Waals surface area contributed by atoms with Crippen molar-refractivity contribution in [3.63, 3.8) is 0 Å². The van der Waals surface area contributed by atoms with E-state index in [4.69, 9.17) is 16.3 Å². The van der Waals surface area contributed by atoms with Crippen LogP contribution in [0.3, 0.4) is 0 Å². The number of carbonyl (C=O) groups excluding carboxylic acids is 1. The van der Waals surface area contributed by atoms with Crippen LogP contribution in [-0.2, 0) is 0 Å². The Morgan fingerprint density at radius 2 is 2.00 bits per heavy atom. The Balaban J connectivity index is 0.00000141. The summed E-state index contributed by atoms with van der Waals surface area (Å²) in [5.41, 5.74) is 1.65. The molecule has 0 atom stereocenters. The number of nitrogens with zero attached hydrogens (tertiary/aromatic N) is 6. The number of nitriles is 1. The first kappa shape index (κ1) is 23.3. The maximum Gasteiger partial charge on any atom is 0.259 e. The molecule has 0 bridgehead atoms. The summed E-state index contributed by atoms with van der Waals surface area (Å²) in [4.78, 5) is 23.5. The van der Waals surface area contributed by atoms with E-state index >= 15 is 0 Å². The number of amides is 1. The summed E-state index contributed by atoms with van der Waals surface area (Å²) in [5.74, 6) is 0.641. The van der Waals surface area contributed by atoms with Gasteiger partial charge >= 0.3 is 0 Å². The van der Waals surface area contributed by atoms with Gasteiger partial charge in [-0.2, -0.15) is 19.9 Å². The Morgan fingerprint density at radius 1 is 1.28 bits per heavy atom. The van der Waals surface area contributed by atoms with E-state index in [0.29, 0.717) is 22.7 Å². The van der Waals surface area contributed by atoms with Crippen molar-refractivity contribution >= 4 is 34.7 Å². The molecule has 32 heavy (non-hydrogen) atoms. The smallest absolute Gasteiger partial charge is 0.259 e. The summed E-state index contributed by atoms with van der Waals surface area (Å²) >= 11 is 6.11. The van der Waals surface area contributed by atoms with Crippen LogP contribution in [0.25, 0.3) is 5.65 Å². The molecule has 0 radical (unpaired) electrons. The number of carbonyl (C=O) groups is 1. The minimum Gasteiger partial charge on any atom is -0.474 e. The van der Waals surface area contributed by atoms with Gasteiger partial charge in [-0.1, -0.05) is 25.4 Å². The molecule has 3 aromatic rings. The van der Waals surface area contributed by atoms with Crippen LogP contribution in [0.15, 0.2) is 24.4 Å². The SMILES string of the molecule is CC.CC(C)Oc1nc(Nc2cc(Cl)nn3c(C#N)cnc23)ccc1C(=O)N1CCCC1. The van der Waals surface area contributed by atoms with Crippen LogP contribution < -0.4 is 10.1 Å². The summed E-state index contributed by atoms with van der Waals surface area (Å²) in [6.45, 7) is 9.25. The molecular formula is C22H26ClN7O2. The van der Waals surface area contributed by atoms with Gasteiger partial charge in [-0.3, -0.25) is 4.79 Å². The highest BCUT2D eigenvalue weighted by Gasteiger charge is 2.24. The summed E-state index contributed by atoms with van der Waals surface area (Å²) < 4.78 is 7.20. The highest BCUT2D eigenvalue weighted by Crippen LogP contribution is 2.27. The quantitative estimate of drug-likeness (QED) is 0.605. The first-order chi connectivity index (χ1) is 15.5. The largest absolute Gasteiger partial charge is 0.474 e. The number of rotatable bonds is 5. The highest BCUT2D eigenvalue weighted by molar-refractivity contribution is 6.29. The molecule has 1 aliphatic rings. The Hall–Kier alpha value is -3.38. The molecule has 0 spiro atoms. The topological polar surface area (TPSA) is 108 Å². The number of nitrogens with one attached hydrogen (secondary N) is 1. The lowest BCUT2D eigenvalue weighted by Gasteiger charge is -2.19. The first-order valence-electron chi connectivity index (χ1n) is 10.6. The average Bonchev–Trinajstić information content (AvgIpc) is 3.44. The lowest BCUT2D eigenvalue weighted by molar-refractivity contribution is 0.0785. The lowest BCUT2D eigenvalue weighted by atomic mass is 10.2. The predicted molar refractivity (Wildman–Crippen MR) is 122 cm³/mol. The van der Waals surface area contributed by atoms with Crippen LogP contribution in [0.4, 0.5) is 11.5 Å². The molecule has 0 unspecified atom stereocenters. The van der Waals surface area contributed by atoms with Crippen molar-refractivity contribution in [3.05, 3.63) is 40.8 Å². The zero-order valence-electron chi connectivity index (χ0n) is 18.6. The van der Waals surface area contributed by atoms with E-state index in [-0.39, 0.29) is 28.7 Å². The number of imidazole rings is 1. The minimum absolute atomic E-state index is 0.0801. The second-order valence-corrected chi connectivity index (χ2v) is 7.60. The molecule has 4 rings (SSSR count). The van der Waals surface area contributed by atoms with Crippen molar-refractivity contribution in [2.75, 3.05) is 18.4 Å². The molecule has 10 heteroatoms. The third kappa shape index (κ3) is 4.92. The van der Waals surface area contributed by atoms with Crippen molar-refractivity contribution in [3.8, 4) is 11.9 Å². The van der Waals surface area contributed by atoms with Crippen LogP contribution in [-0.4, -0.2) is 49.6 Å². The molecule has 1 saturated heterocycles. The van der Waals surface area contributed by atoms with E-state index in [1.807, 2.05) is 38.7 Å². The molecule has 1 N–H and O–H groups in total. The molecule has 9 nitrogen and oxygen atoms in total. The number of aromatic nitrogens is 4. The van der Waals surface area contributed by atoms with E-state index in [9.17, 15) is 10.1 Å². The summed E-state index contributed by atoms with van der Waals surface area (Å²) in [7, 11) is 0. The maximum absolute atomic E-state index is 12.9. The Bertz CT molecular complexity index is 1150. The van der Waals surface area contributed by atoms with Gasteiger partial charge in [0, 0.05) is 19.2 Å². The van der Waals surface area contributed by atoms with Crippen LogP contribution in [0.5, 0.6) is 5.88 Å². The second kappa shape index (κ2) is 10.3. The average molecular weight is 456 g/mol. The van der Waals surface area contributed by atoms with Gasteiger partial charge in [-0.25, -0.2) is 4.98 Å². The minimum atomic E-state index is -0.148. The number of likely N-dealkylation sites (tertiary alicyclic amines) is 1. The monoisotopic (exact) mass is 455 g/mol. The van der Waals surface area contributed by atoms with Gasteiger partial charge in [0.1, 0.15) is 17.5 Å². The maximum atomic E-state index is 12.9. The fourth-order valence-electron chi connectivity index (χ4n) is 3.32. The number of hydrogen-bond donors (Lipinski definition) is 1. The molecule has 0 saturated carbocycles. The molecule has 0 aliphatic carbocycles. The Labute approximate surface area is 192 Å². The summed E-state index contributed by atoms with van der Waals surface area (Å²) in [6, 6.07) is 7.03. The van der Waals surface area contributed by atoms with Crippen LogP contribution in [0.1, 0.15) is 56.6 Å². The fraction of sp³-hybridized carbons (Fsp3) is 0.409. The number of fused-ring (bicyclic) bond motifs is 1. The van der Waals surface area contributed by atoms with Crippen molar-refractivity contribution in [1.82, 2.24) is 24.5 Å². The van der Waals surface area contributed by atoms with E-state index in [0.717, 1.165) is 25.9 Å². The number of hydrogen-bond acceptors (Lipinski definition) is 7. The van der Waals surface area contributed by atoms with Crippen molar-refractivity contribution in [1.29, 1.82) is 5.26 Å². The van der Waals surface area contributed by atoms with Crippen LogP contribution in [0.2, 0.25) is 5.15 Å². The third-order valence-corrected chi connectivity index (χ3v) is 4.83. The normalized spacial score (nSPS) is 13.0. The molecule has 3 aromatic heterocycles. The zero-order chi connectivity index (χ0) is 23.3. The van der Waals surface area contributed by atoms with E-state index in [2.05, 4.69) is 20.4 Å². The highest BCUT2D eigenvalue weighted by atomic mass is 35.5. The standard InChI is InChI=1S/C20H20ClN7O2.C2H6/c1-12(2)30-19-14(20(29)27-7-3-4-8-27)5-6-17(25-19)24-15-9-16(21)26-28-13(10-22)11-23-18(15)28;1-2/h5-6,9,11-12H,3-4,7-8H2,1-2H3,(H,24,25);1-2H3. The van der Waals surface area contributed by atoms with Crippen molar-refractivity contribution in [2.45, 2.75) is 46.6 Å². The zero-order valence-corrected chi connectivity index (χ0v) is 19.3. The van der Waals surface area contributed by atoms with E-state index in [1.165, 1.54) is 10.7 Å². The molecule has 4 heterocycles. The third-order valence-electron chi connectivity index (χ3n) is 4.65. The molecule has 1 fully saturated rings. The summed E-state index contributed by atoms with van der Waals surface area (Å²) in [5, 5.41) is 16.7. The van der Waals surface area contributed by atoms with Gasteiger partial charge in [0.05, 0.1) is 18.0 Å². The first-order valence-corrected chi connectivity index (χ1v) is 11.0. The number of halogens is 1. The summed E-state index contributed by atoms with van der Waals surface area (Å²) in [6.07, 6.45) is 3.29. The van der Waals surface area contributed by atoms with Gasteiger partial charge in [0.25, 0.3) is 5.91 Å². The molecular weight excluding hydrogens is 430 g/mol. The van der Waals surface area contributed by atoms with Crippen molar-refractivity contribution < 1.29 is 9.53 Å². The second-order valence-electron chi connectivity index (χ2n) is 7.21. The molecule has 1 amide bonds.